The van der Waals surface area contributed by atoms with Gasteiger partial charge in [-0.2, -0.15) is 0 Å². The summed E-state index contributed by atoms with van der Waals surface area (Å²) in [5.41, 5.74) is 0. The number of hydrogen-bond acceptors (Lipinski definition) is 0. The largest absolute Gasteiger partial charge is 0.126 e. The van der Waals surface area contributed by atoms with Gasteiger partial charge in [-0.3, -0.25) is 0 Å². The Bertz CT molecular complexity index is 199. The molecule has 0 bridgehead atoms. The highest BCUT2D eigenvalue weighted by Crippen LogP contribution is 2.31. The molecule has 0 heterocycles. The zero-order chi connectivity index (χ0) is 9.02. The van der Waals surface area contributed by atoms with E-state index in [0.29, 0.717) is 0 Å². The lowest BCUT2D eigenvalue weighted by atomic mass is 10.5. The van der Waals surface area contributed by atoms with Crippen molar-refractivity contribution in [2.24, 2.45) is 0 Å². The van der Waals surface area contributed by atoms with Gasteiger partial charge < -0.3 is 0 Å². The summed E-state index contributed by atoms with van der Waals surface area (Å²) in [7, 11) is 0. The Labute approximate surface area is 94.6 Å². The molecule has 11 heavy (non-hydrogen) atoms. The first-order valence-corrected chi connectivity index (χ1v) is 4.74. The minimum absolute atomic E-state index is 0.000602. The molecule has 0 rings (SSSR count). The molecule has 0 aliphatic rings. The smallest absolute Gasteiger partial charge is 0.121 e. The van der Waals surface area contributed by atoms with E-state index in [4.69, 9.17) is 69.6 Å². The van der Waals surface area contributed by atoms with Crippen molar-refractivity contribution in [3.63, 3.8) is 0 Å². The zero-order valence-electron chi connectivity index (χ0n) is 4.97. The molecule has 0 aromatic heterocycles. The summed E-state index contributed by atoms with van der Waals surface area (Å²) in [5, 5.41) is 0.279. The van der Waals surface area contributed by atoms with Crippen LogP contribution in [-0.2, 0) is 0 Å². The molecule has 0 aromatic carbocycles. The van der Waals surface area contributed by atoms with Crippen LogP contribution >= 0.6 is 69.6 Å². The molecule has 0 spiro atoms. The van der Waals surface area contributed by atoms with Crippen molar-refractivity contribution < 1.29 is 0 Å². The average molecular weight is 275 g/mol. The van der Waals surface area contributed by atoms with Gasteiger partial charge in [-0.25, -0.2) is 0 Å². The zero-order valence-corrected chi connectivity index (χ0v) is 9.51. The highest BCUT2D eigenvalue weighted by atomic mass is 35.5. The third kappa shape index (κ3) is 4.12. The highest BCUT2D eigenvalue weighted by Gasteiger charge is 2.08. The van der Waals surface area contributed by atoms with E-state index >= 15 is 0 Å². The van der Waals surface area contributed by atoms with Gasteiger partial charge in [0.2, 0.25) is 0 Å². The lowest BCUT2D eigenvalue weighted by Gasteiger charge is -1.98. The molecule has 0 atom stereocenters. The second-order valence-corrected chi connectivity index (χ2v) is 3.86. The fourth-order valence-corrected chi connectivity index (χ4v) is 1.17. The molecule has 0 unspecified atom stereocenters. The summed E-state index contributed by atoms with van der Waals surface area (Å²) in [4.78, 5) is 0. The van der Waals surface area contributed by atoms with Crippen LogP contribution in [0.3, 0.4) is 0 Å². The average Bonchev–Trinajstić information content (AvgIpc) is 2.00. The number of halogens is 6. The van der Waals surface area contributed by atoms with E-state index in [-0.39, 0.29) is 25.5 Å². The molecule has 0 saturated carbocycles. The molecule has 0 aliphatic carbocycles. The van der Waals surface area contributed by atoms with Gasteiger partial charge in [-0.1, -0.05) is 58.0 Å². The standard InChI is InChI=1S/C5H2Cl6/c6-1-2(7)3(8)4(9)5(10)11/h1H2. The van der Waals surface area contributed by atoms with Crippen molar-refractivity contribution >= 4 is 69.6 Å². The van der Waals surface area contributed by atoms with E-state index in [1.54, 1.807) is 0 Å². The van der Waals surface area contributed by atoms with Crippen LogP contribution in [0.4, 0.5) is 0 Å². The first-order valence-electron chi connectivity index (χ1n) is 2.32. The van der Waals surface area contributed by atoms with Crippen LogP contribution in [0.15, 0.2) is 19.6 Å². The second kappa shape index (κ2) is 5.80. The van der Waals surface area contributed by atoms with Gasteiger partial charge >= 0.3 is 0 Å². The molecule has 0 amide bonds. The maximum Gasteiger partial charge on any atom is 0.126 e. The first-order chi connectivity index (χ1) is 5.00. The molecular formula is C5H2Cl6. The van der Waals surface area contributed by atoms with Crippen LogP contribution < -0.4 is 0 Å². The van der Waals surface area contributed by atoms with E-state index in [1.165, 1.54) is 0 Å². The molecule has 64 valence electrons. The van der Waals surface area contributed by atoms with E-state index in [9.17, 15) is 0 Å². The third-order valence-corrected chi connectivity index (χ3v) is 3.00. The summed E-state index contributed by atoms with van der Waals surface area (Å²) in [6.07, 6.45) is 0. The normalized spacial score (nSPS) is 12.5. The quantitative estimate of drug-likeness (QED) is 0.501. The van der Waals surface area contributed by atoms with Crippen LogP contribution in [0, 0.1) is 0 Å². The van der Waals surface area contributed by atoms with Gasteiger partial charge in [0, 0.05) is 0 Å². The van der Waals surface area contributed by atoms with Gasteiger partial charge in [0.25, 0.3) is 0 Å². The van der Waals surface area contributed by atoms with Crippen LogP contribution in [0.25, 0.3) is 0 Å². The molecule has 0 fully saturated rings. The molecule has 0 nitrogen and oxygen atoms in total. The molecule has 0 aliphatic heterocycles. The molecule has 0 radical (unpaired) electrons. The van der Waals surface area contributed by atoms with Gasteiger partial charge in [-0.15, -0.1) is 11.6 Å². The van der Waals surface area contributed by atoms with Crippen molar-refractivity contribution in [1.29, 1.82) is 0 Å². The second-order valence-electron chi connectivity index (χ2n) is 1.43. The van der Waals surface area contributed by atoms with E-state index in [0.717, 1.165) is 0 Å². The maximum atomic E-state index is 5.58. The number of hydrogen-bond donors (Lipinski definition) is 0. The Balaban J connectivity index is 4.75. The van der Waals surface area contributed by atoms with Crippen molar-refractivity contribution in [2.75, 3.05) is 5.88 Å². The molecule has 0 saturated heterocycles. The molecule has 0 aromatic rings. The monoisotopic (exact) mass is 272 g/mol. The maximum absolute atomic E-state index is 5.58. The number of alkyl halides is 1. The fraction of sp³-hybridized carbons (Fsp3) is 0.200. The lowest BCUT2D eigenvalue weighted by Crippen LogP contribution is -1.81. The van der Waals surface area contributed by atoms with Gasteiger partial charge in [-0.05, 0) is 0 Å². The topological polar surface area (TPSA) is 0 Å². The van der Waals surface area contributed by atoms with Crippen molar-refractivity contribution in [3.8, 4) is 0 Å². The Hall–Kier alpha value is 1.22. The third-order valence-electron chi connectivity index (χ3n) is 0.714. The molecular weight excluding hydrogens is 273 g/mol. The summed E-state index contributed by atoms with van der Waals surface area (Å²) < 4.78 is -0.139. The first kappa shape index (κ1) is 12.2. The van der Waals surface area contributed by atoms with Crippen molar-refractivity contribution in [2.45, 2.75) is 0 Å². The SMILES string of the molecule is ClCC(Cl)=C(Cl)C(Cl)=C(Cl)Cl. The Morgan fingerprint density at radius 2 is 1.27 bits per heavy atom. The Morgan fingerprint density at radius 3 is 1.55 bits per heavy atom. The van der Waals surface area contributed by atoms with E-state index in [2.05, 4.69) is 0 Å². The predicted octanol–water partition coefficient (Wildman–Crippen LogP) is 4.80. The molecule has 6 heteroatoms. The summed E-state index contributed by atoms with van der Waals surface area (Å²) in [6, 6.07) is 0. The van der Waals surface area contributed by atoms with Crippen LogP contribution in [0.2, 0.25) is 0 Å². The van der Waals surface area contributed by atoms with Crippen molar-refractivity contribution in [1.82, 2.24) is 0 Å². The van der Waals surface area contributed by atoms with Gasteiger partial charge in [0.1, 0.15) is 4.49 Å². The summed E-state index contributed by atoms with van der Waals surface area (Å²) in [6.45, 7) is 0. The summed E-state index contributed by atoms with van der Waals surface area (Å²) in [5.74, 6) is 0.0671. The van der Waals surface area contributed by atoms with Crippen LogP contribution in [-0.4, -0.2) is 5.88 Å². The van der Waals surface area contributed by atoms with Gasteiger partial charge in [0.05, 0.1) is 21.0 Å². The fourth-order valence-electron chi connectivity index (χ4n) is 0.261. The van der Waals surface area contributed by atoms with Crippen molar-refractivity contribution in [3.05, 3.63) is 19.6 Å². The lowest BCUT2D eigenvalue weighted by molar-refractivity contribution is 1.62. The number of allylic oxidation sites excluding steroid dienone is 3. The highest BCUT2D eigenvalue weighted by molar-refractivity contribution is 6.62. The Kier molecular flexibility index (Phi) is 6.44. The molecule has 0 N–H and O–H groups in total. The van der Waals surface area contributed by atoms with E-state index in [1.807, 2.05) is 0 Å². The Morgan fingerprint density at radius 1 is 0.818 bits per heavy atom. The van der Waals surface area contributed by atoms with Crippen LogP contribution in [0.5, 0.6) is 0 Å². The minimum Gasteiger partial charge on any atom is -0.121 e. The predicted molar refractivity (Wildman–Crippen MR) is 54.0 cm³/mol. The van der Waals surface area contributed by atoms with Crippen LogP contribution in [0.1, 0.15) is 0 Å². The summed E-state index contributed by atoms with van der Waals surface area (Å²) >= 11 is 32.6. The van der Waals surface area contributed by atoms with Gasteiger partial charge in [0.15, 0.2) is 0 Å². The van der Waals surface area contributed by atoms with E-state index < -0.39 is 0 Å². The number of rotatable bonds is 2. The minimum atomic E-state index is -0.139.